The Hall–Kier alpha value is -1.05. The molecule has 1 aromatic rings. The Morgan fingerprint density at radius 1 is 1.67 bits per heavy atom. The van der Waals surface area contributed by atoms with Crippen molar-refractivity contribution in [2.24, 2.45) is 0 Å². The number of rotatable bonds is 5. The molecule has 3 N–H and O–H groups in total. The van der Waals surface area contributed by atoms with Gasteiger partial charge in [-0.3, -0.25) is 10.9 Å². The molecule has 1 rings (SSSR count). The van der Waals surface area contributed by atoms with Gasteiger partial charge in [0.1, 0.15) is 5.02 Å². The number of thioether (sulfide) groups is 1. The molecule has 5 nitrogen and oxygen atoms in total. The second-order valence-corrected chi connectivity index (χ2v) is 4.89. The van der Waals surface area contributed by atoms with Crippen molar-refractivity contribution >= 4 is 46.5 Å². The molecule has 98 valence electrons. The number of nitrogens with one attached hydrogen (secondary N) is 3. The normalized spacial score (nSPS) is 11.5. The van der Waals surface area contributed by atoms with Crippen molar-refractivity contribution in [3.8, 4) is 0 Å². The molecule has 0 saturated carbocycles. The second kappa shape index (κ2) is 7.40. The molecule has 0 unspecified atom stereocenters. The van der Waals surface area contributed by atoms with Crippen LogP contribution in [0.2, 0.25) is 5.02 Å². The van der Waals surface area contributed by atoms with Gasteiger partial charge in [-0.05, 0) is 25.4 Å². The smallest absolute Gasteiger partial charge is 0.189 e. The summed E-state index contributed by atoms with van der Waals surface area (Å²) in [4.78, 5) is 8.24. The lowest BCUT2D eigenvalue weighted by Crippen LogP contribution is -2.42. The van der Waals surface area contributed by atoms with E-state index in [1.54, 1.807) is 6.08 Å². The number of nitrogens with zero attached hydrogens (tertiary/aromatic N) is 2. The molecule has 8 heteroatoms. The quantitative estimate of drug-likeness (QED) is 0.253. The molecule has 1 aromatic heterocycles. The highest BCUT2D eigenvalue weighted by Crippen LogP contribution is 2.19. The zero-order valence-electron chi connectivity index (χ0n) is 10.0. The van der Waals surface area contributed by atoms with E-state index in [4.69, 9.17) is 23.8 Å². The topological polar surface area (TPSA) is 61.9 Å². The van der Waals surface area contributed by atoms with Crippen LogP contribution in [0.1, 0.15) is 6.92 Å². The fourth-order valence-corrected chi connectivity index (χ4v) is 1.67. The molecule has 0 aliphatic carbocycles. The summed E-state index contributed by atoms with van der Waals surface area (Å²) in [6.45, 7) is 5.59. The van der Waals surface area contributed by atoms with Crippen molar-refractivity contribution in [3.63, 3.8) is 0 Å². The summed E-state index contributed by atoms with van der Waals surface area (Å²) >= 11 is 12.5. The molecule has 0 aliphatic rings. The maximum atomic E-state index is 5.95. The molecule has 0 aliphatic heterocycles. The van der Waals surface area contributed by atoms with Crippen molar-refractivity contribution in [1.29, 1.82) is 0 Å². The summed E-state index contributed by atoms with van der Waals surface area (Å²) in [7, 11) is 0. The van der Waals surface area contributed by atoms with Crippen LogP contribution in [0, 0.1) is 0 Å². The summed E-state index contributed by atoms with van der Waals surface area (Å²) in [5, 5.41) is 4.47. The summed E-state index contributed by atoms with van der Waals surface area (Å²) < 4.78 is 0. The van der Waals surface area contributed by atoms with E-state index in [0.29, 0.717) is 21.1 Å². The van der Waals surface area contributed by atoms with E-state index in [2.05, 4.69) is 32.7 Å². The number of anilines is 1. The van der Waals surface area contributed by atoms with Crippen LogP contribution in [-0.2, 0) is 0 Å². The van der Waals surface area contributed by atoms with Crippen molar-refractivity contribution in [2.45, 2.75) is 18.1 Å². The molecular weight excluding hydrogens is 290 g/mol. The Morgan fingerprint density at radius 3 is 3.00 bits per heavy atom. The largest absolute Gasteiger partial charge is 0.355 e. The number of hydrogen-bond acceptors (Lipinski definition) is 5. The van der Waals surface area contributed by atoms with Gasteiger partial charge in [-0.25, -0.2) is 9.97 Å². The average Bonchev–Trinajstić information content (AvgIpc) is 2.37. The van der Waals surface area contributed by atoms with Gasteiger partial charge in [0.25, 0.3) is 0 Å². The Balaban J connectivity index is 2.57. The minimum Gasteiger partial charge on any atom is -0.355 e. The molecule has 0 radical (unpaired) electrons. The van der Waals surface area contributed by atoms with Gasteiger partial charge in [-0.2, -0.15) is 0 Å². The van der Waals surface area contributed by atoms with Gasteiger partial charge < -0.3 is 5.32 Å². The van der Waals surface area contributed by atoms with E-state index >= 15 is 0 Å². The summed E-state index contributed by atoms with van der Waals surface area (Å²) in [6, 6.07) is 0.0782. The maximum absolute atomic E-state index is 5.95. The Bertz CT molecular complexity index is 440. The minimum atomic E-state index is 0.0782. The number of aromatic nitrogens is 2. The highest BCUT2D eigenvalue weighted by atomic mass is 35.5. The third kappa shape index (κ3) is 4.67. The lowest BCUT2D eigenvalue weighted by Gasteiger charge is -2.15. The third-order valence-corrected chi connectivity index (χ3v) is 2.97. The van der Waals surface area contributed by atoms with E-state index in [0.717, 1.165) is 0 Å². The highest BCUT2D eigenvalue weighted by Gasteiger charge is 2.05. The Labute approximate surface area is 121 Å². The highest BCUT2D eigenvalue weighted by molar-refractivity contribution is 7.98. The average molecular weight is 304 g/mol. The van der Waals surface area contributed by atoms with E-state index < -0.39 is 0 Å². The summed E-state index contributed by atoms with van der Waals surface area (Å²) in [5.74, 6) is 0.478. The first-order chi connectivity index (χ1) is 8.56. The van der Waals surface area contributed by atoms with Crippen LogP contribution in [0.15, 0.2) is 24.0 Å². The zero-order valence-corrected chi connectivity index (χ0v) is 12.4. The number of halogens is 1. The second-order valence-electron chi connectivity index (χ2n) is 3.30. The molecule has 1 heterocycles. The Morgan fingerprint density at radius 2 is 2.39 bits per heavy atom. The zero-order chi connectivity index (χ0) is 13.5. The van der Waals surface area contributed by atoms with Crippen LogP contribution >= 0.6 is 35.6 Å². The molecular formula is C10H14ClN5S2. The van der Waals surface area contributed by atoms with Crippen LogP contribution in [0.3, 0.4) is 0 Å². The first-order valence-corrected chi connectivity index (χ1v) is 7.09. The minimum absolute atomic E-state index is 0.0782. The molecule has 0 amide bonds. The van der Waals surface area contributed by atoms with Crippen molar-refractivity contribution in [3.05, 3.63) is 23.9 Å². The molecule has 1 atom stereocenters. The molecule has 0 bridgehead atoms. The third-order valence-electron chi connectivity index (χ3n) is 1.91. The van der Waals surface area contributed by atoms with E-state index in [1.165, 1.54) is 18.0 Å². The lowest BCUT2D eigenvalue weighted by molar-refractivity contribution is 0.791. The van der Waals surface area contributed by atoms with Crippen molar-refractivity contribution in [2.75, 3.05) is 11.7 Å². The first-order valence-electron chi connectivity index (χ1n) is 5.08. The number of thiocarbonyl (C=S) groups is 1. The summed E-state index contributed by atoms with van der Waals surface area (Å²) in [6.07, 6.45) is 5.17. The van der Waals surface area contributed by atoms with Gasteiger partial charge >= 0.3 is 0 Å². The molecule has 0 saturated heterocycles. The van der Waals surface area contributed by atoms with Gasteiger partial charge in [-0.15, -0.1) is 6.58 Å². The van der Waals surface area contributed by atoms with Gasteiger partial charge in [0.2, 0.25) is 0 Å². The number of hydrogen-bond donors (Lipinski definition) is 3. The van der Waals surface area contributed by atoms with Crippen LogP contribution in [-0.4, -0.2) is 27.4 Å². The SMILES string of the molecule is C=C[C@H](C)NC(=S)NNc1nc(SC)ncc1Cl. The van der Waals surface area contributed by atoms with Crippen LogP contribution < -0.4 is 16.2 Å². The van der Waals surface area contributed by atoms with Crippen molar-refractivity contribution < 1.29 is 0 Å². The van der Waals surface area contributed by atoms with E-state index in [9.17, 15) is 0 Å². The Kier molecular flexibility index (Phi) is 6.17. The van der Waals surface area contributed by atoms with Gasteiger partial charge in [0.05, 0.1) is 6.20 Å². The lowest BCUT2D eigenvalue weighted by atomic mass is 10.3. The van der Waals surface area contributed by atoms with E-state index in [-0.39, 0.29) is 6.04 Å². The van der Waals surface area contributed by atoms with Gasteiger partial charge in [0, 0.05) is 6.04 Å². The maximum Gasteiger partial charge on any atom is 0.189 e. The number of hydrazine groups is 1. The fraction of sp³-hybridized carbons (Fsp3) is 0.300. The van der Waals surface area contributed by atoms with Gasteiger partial charge in [0.15, 0.2) is 16.1 Å². The fourth-order valence-electron chi connectivity index (χ4n) is 0.955. The molecule has 0 spiro atoms. The van der Waals surface area contributed by atoms with Crippen LogP contribution in [0.4, 0.5) is 5.82 Å². The summed E-state index contributed by atoms with van der Waals surface area (Å²) in [5.41, 5.74) is 5.63. The molecule has 0 fully saturated rings. The van der Waals surface area contributed by atoms with Gasteiger partial charge in [-0.1, -0.05) is 29.4 Å². The molecule has 0 aromatic carbocycles. The van der Waals surface area contributed by atoms with E-state index in [1.807, 2.05) is 13.2 Å². The first kappa shape index (κ1) is 15.0. The molecule has 18 heavy (non-hydrogen) atoms. The predicted octanol–water partition coefficient (Wildman–Crippen LogP) is 2.22. The predicted molar refractivity (Wildman–Crippen MR) is 81.0 cm³/mol. The van der Waals surface area contributed by atoms with Crippen LogP contribution in [0.5, 0.6) is 0 Å². The monoisotopic (exact) mass is 303 g/mol. The van der Waals surface area contributed by atoms with Crippen molar-refractivity contribution in [1.82, 2.24) is 20.7 Å². The standard InChI is InChI=1S/C10H14ClN5S2/c1-4-6(2)13-9(17)16-15-8-7(11)5-12-10(14-8)18-3/h4-6H,1H2,2-3H3,(H,12,14,15)(H2,13,16,17)/t6-/m0/s1. The van der Waals surface area contributed by atoms with Crippen LogP contribution in [0.25, 0.3) is 0 Å².